The third-order valence-corrected chi connectivity index (χ3v) is 6.98. The Balaban J connectivity index is 1.92. The molecule has 0 aromatic heterocycles. The van der Waals surface area contributed by atoms with Crippen molar-refractivity contribution in [2.75, 3.05) is 20.8 Å². The minimum absolute atomic E-state index is 0.0207. The van der Waals surface area contributed by atoms with Crippen LogP contribution in [0.5, 0.6) is 17.2 Å². The molecule has 0 atom stereocenters. The zero-order valence-electron chi connectivity index (χ0n) is 17.9. The van der Waals surface area contributed by atoms with E-state index in [1.165, 1.54) is 14.2 Å². The normalized spacial score (nSPS) is 15.5. The van der Waals surface area contributed by atoms with Crippen molar-refractivity contribution < 1.29 is 27.8 Å². The first-order valence-electron chi connectivity index (χ1n) is 9.78. The van der Waals surface area contributed by atoms with E-state index in [0.717, 1.165) is 9.87 Å². The van der Waals surface area contributed by atoms with Gasteiger partial charge in [-0.05, 0) is 43.5 Å². The van der Waals surface area contributed by atoms with Crippen LogP contribution in [0.15, 0.2) is 48.2 Å². The van der Waals surface area contributed by atoms with Gasteiger partial charge in [0, 0.05) is 12.6 Å². The third kappa shape index (κ3) is 4.18. The molecule has 2 aromatic carbocycles. The molecule has 0 fully saturated rings. The van der Waals surface area contributed by atoms with Crippen LogP contribution < -0.4 is 14.8 Å². The highest BCUT2D eigenvalue weighted by Crippen LogP contribution is 2.38. The lowest BCUT2D eigenvalue weighted by Gasteiger charge is -2.20. The predicted octanol–water partition coefficient (Wildman–Crippen LogP) is 2.49. The number of nitrogens with zero attached hydrogens (tertiary/aromatic N) is 1. The van der Waals surface area contributed by atoms with Crippen molar-refractivity contribution in [1.82, 2.24) is 9.62 Å². The number of amides is 1. The van der Waals surface area contributed by atoms with Gasteiger partial charge in [0.2, 0.25) is 5.75 Å². The fraction of sp³-hybridized carbons (Fsp3) is 0.318. The number of hydrogen-bond acceptors (Lipinski definition) is 7. The van der Waals surface area contributed by atoms with Crippen LogP contribution in [0.4, 0.5) is 0 Å². The smallest absolute Gasteiger partial charge is 0.285 e. The average Bonchev–Trinajstić information content (AvgIpc) is 2.94. The van der Waals surface area contributed by atoms with E-state index >= 15 is 0 Å². The fourth-order valence-corrected chi connectivity index (χ4v) is 5.43. The summed E-state index contributed by atoms with van der Waals surface area (Å²) in [6.45, 7) is 3.61. The number of rotatable bonds is 8. The first-order chi connectivity index (χ1) is 14.7. The molecular weight excluding hydrogens is 420 g/mol. The molecule has 166 valence electrons. The lowest BCUT2D eigenvalue weighted by Crippen LogP contribution is -2.39. The Kier molecular flexibility index (Phi) is 6.45. The van der Waals surface area contributed by atoms with E-state index in [0.29, 0.717) is 12.0 Å². The van der Waals surface area contributed by atoms with Crippen LogP contribution in [0.2, 0.25) is 0 Å². The van der Waals surface area contributed by atoms with Crippen molar-refractivity contribution in [1.29, 1.82) is 0 Å². The number of methoxy groups -OCH3 is 2. The molecule has 2 N–H and O–H groups in total. The summed E-state index contributed by atoms with van der Waals surface area (Å²) in [5, 5.41) is 13.1. The van der Waals surface area contributed by atoms with Crippen LogP contribution in [-0.2, 0) is 21.2 Å². The summed E-state index contributed by atoms with van der Waals surface area (Å²) in [4.78, 5) is 13.0. The predicted molar refractivity (Wildman–Crippen MR) is 117 cm³/mol. The molecule has 1 heterocycles. The summed E-state index contributed by atoms with van der Waals surface area (Å²) in [6.07, 6.45) is 0.438. The van der Waals surface area contributed by atoms with Gasteiger partial charge in [0.05, 0.1) is 14.2 Å². The zero-order valence-corrected chi connectivity index (χ0v) is 18.7. The van der Waals surface area contributed by atoms with Crippen LogP contribution in [0.1, 0.15) is 25.0 Å². The van der Waals surface area contributed by atoms with Gasteiger partial charge in [0.1, 0.15) is 10.6 Å². The number of nitrogens with one attached hydrogen (secondary N) is 1. The van der Waals surface area contributed by atoms with Crippen molar-refractivity contribution >= 4 is 20.8 Å². The number of hydrogen-bond donors (Lipinski definition) is 2. The molecule has 31 heavy (non-hydrogen) atoms. The standard InChI is InChI=1S/C22H26N2O6S/c1-14(2)24-22(26)19(21(31(24,27)28)16-8-6-5-7-9-16)23-11-10-15-12-17(29-3)20(25)18(13-15)30-4/h5-9,12-14,23,25H,10-11H2,1-4H3. The number of benzene rings is 2. The molecule has 1 aliphatic rings. The van der Waals surface area contributed by atoms with Crippen LogP contribution in [0.3, 0.4) is 0 Å². The highest BCUT2D eigenvalue weighted by atomic mass is 32.2. The first-order valence-corrected chi connectivity index (χ1v) is 11.2. The Hall–Kier alpha value is -3.20. The molecule has 0 saturated carbocycles. The molecule has 0 radical (unpaired) electrons. The molecule has 9 heteroatoms. The molecule has 3 rings (SSSR count). The Morgan fingerprint density at radius 2 is 1.65 bits per heavy atom. The Bertz CT molecular complexity index is 1090. The quantitative estimate of drug-likeness (QED) is 0.642. The number of phenolic OH excluding ortho intramolecular Hbond substituents is 1. The highest BCUT2D eigenvalue weighted by molar-refractivity contribution is 7.99. The Labute approximate surface area is 182 Å². The SMILES string of the molecule is COc1cc(CCNC2=C(c3ccccc3)S(=O)(=O)N(C(C)C)C2=O)cc(OC)c1O. The van der Waals surface area contributed by atoms with Crippen LogP contribution >= 0.6 is 0 Å². The Morgan fingerprint density at radius 3 is 2.16 bits per heavy atom. The first kappa shape index (κ1) is 22.5. The minimum atomic E-state index is -3.97. The van der Waals surface area contributed by atoms with Gasteiger partial charge in [-0.2, -0.15) is 0 Å². The molecule has 0 saturated heterocycles. The van der Waals surface area contributed by atoms with Gasteiger partial charge in [-0.3, -0.25) is 4.79 Å². The summed E-state index contributed by atoms with van der Waals surface area (Å²) in [5.74, 6) is -0.136. The summed E-state index contributed by atoms with van der Waals surface area (Å²) in [6, 6.07) is 11.4. The number of carbonyl (C=O) groups is 1. The van der Waals surface area contributed by atoms with Gasteiger partial charge in [0.25, 0.3) is 15.9 Å². The van der Waals surface area contributed by atoms with Crippen molar-refractivity contribution in [3.05, 3.63) is 59.3 Å². The average molecular weight is 447 g/mol. The molecule has 0 unspecified atom stereocenters. The summed E-state index contributed by atoms with van der Waals surface area (Å²) in [5.41, 5.74) is 1.29. The largest absolute Gasteiger partial charge is 0.502 e. The highest BCUT2D eigenvalue weighted by Gasteiger charge is 2.45. The lowest BCUT2D eigenvalue weighted by molar-refractivity contribution is -0.123. The van der Waals surface area contributed by atoms with Gasteiger partial charge in [-0.25, -0.2) is 12.7 Å². The second kappa shape index (κ2) is 8.89. The van der Waals surface area contributed by atoms with Crippen molar-refractivity contribution in [3.8, 4) is 17.2 Å². The summed E-state index contributed by atoms with van der Waals surface area (Å²) in [7, 11) is -1.09. The maximum atomic E-state index is 13.1. The lowest BCUT2D eigenvalue weighted by atomic mass is 10.1. The molecule has 8 nitrogen and oxygen atoms in total. The Morgan fingerprint density at radius 1 is 1.06 bits per heavy atom. The molecule has 0 bridgehead atoms. The van der Waals surface area contributed by atoms with Crippen LogP contribution in [0.25, 0.3) is 4.91 Å². The van der Waals surface area contributed by atoms with Crippen LogP contribution in [-0.4, -0.2) is 50.5 Å². The number of aromatic hydroxyl groups is 1. The van der Waals surface area contributed by atoms with Crippen LogP contribution in [0, 0.1) is 0 Å². The van der Waals surface area contributed by atoms with Crippen molar-refractivity contribution in [2.24, 2.45) is 0 Å². The second-order valence-corrected chi connectivity index (χ2v) is 9.05. The molecule has 0 aliphatic carbocycles. The maximum absolute atomic E-state index is 13.1. The molecule has 1 aliphatic heterocycles. The van der Waals surface area contributed by atoms with E-state index < -0.39 is 22.0 Å². The second-order valence-electron chi connectivity index (χ2n) is 7.30. The number of phenols is 1. The summed E-state index contributed by atoms with van der Waals surface area (Å²) < 4.78 is 37.5. The van der Waals surface area contributed by atoms with Gasteiger partial charge >= 0.3 is 0 Å². The number of ether oxygens (including phenoxy) is 2. The molecule has 0 spiro atoms. The number of carbonyl (C=O) groups excluding carboxylic acids is 1. The summed E-state index contributed by atoms with van der Waals surface area (Å²) >= 11 is 0. The van der Waals surface area contributed by atoms with Crippen molar-refractivity contribution in [2.45, 2.75) is 26.3 Å². The van der Waals surface area contributed by atoms with Crippen molar-refractivity contribution in [3.63, 3.8) is 0 Å². The van der Waals surface area contributed by atoms with E-state index in [4.69, 9.17) is 9.47 Å². The van der Waals surface area contributed by atoms with E-state index in [1.807, 2.05) is 0 Å². The van der Waals surface area contributed by atoms with Gasteiger partial charge in [-0.1, -0.05) is 30.3 Å². The van der Waals surface area contributed by atoms with E-state index in [9.17, 15) is 18.3 Å². The zero-order chi connectivity index (χ0) is 22.8. The fourth-order valence-electron chi connectivity index (χ4n) is 3.52. The molecular formula is C22H26N2O6S. The number of sulfonamides is 1. The topological polar surface area (TPSA) is 105 Å². The van der Waals surface area contributed by atoms with Gasteiger partial charge in [0.15, 0.2) is 11.5 Å². The minimum Gasteiger partial charge on any atom is -0.502 e. The van der Waals surface area contributed by atoms with E-state index in [2.05, 4.69) is 5.32 Å². The van der Waals surface area contributed by atoms with E-state index in [1.54, 1.807) is 56.3 Å². The van der Waals surface area contributed by atoms with Gasteiger partial charge < -0.3 is 19.9 Å². The van der Waals surface area contributed by atoms with E-state index in [-0.39, 0.29) is 34.4 Å². The molecule has 1 amide bonds. The van der Waals surface area contributed by atoms with Gasteiger partial charge in [-0.15, -0.1) is 0 Å². The third-order valence-electron chi connectivity index (χ3n) is 4.92. The maximum Gasteiger partial charge on any atom is 0.285 e. The monoisotopic (exact) mass is 446 g/mol. The molecule has 2 aromatic rings.